The molecule has 2 amide bonds. The van der Waals surface area contributed by atoms with Gasteiger partial charge in [0.25, 0.3) is 5.91 Å². The van der Waals surface area contributed by atoms with Gasteiger partial charge in [-0.2, -0.15) is 0 Å². The standard InChI is InChI=1S/C18H21N5O3/c1-26-13-16(24)22-7-2-8-23(10-9-22)18(25)15-11-20-17(21-12-15)14-3-5-19-6-4-14/h3-6,11-12H,2,7-10,13H2,1H3. The second-order valence-electron chi connectivity index (χ2n) is 5.99. The Morgan fingerprint density at radius 1 is 1.04 bits per heavy atom. The van der Waals surface area contributed by atoms with Gasteiger partial charge in [0.15, 0.2) is 5.82 Å². The number of pyridine rings is 1. The Labute approximate surface area is 151 Å². The minimum Gasteiger partial charge on any atom is -0.375 e. The molecular formula is C18H21N5O3. The highest BCUT2D eigenvalue weighted by molar-refractivity contribution is 5.93. The fraction of sp³-hybridized carbons (Fsp3) is 0.389. The molecule has 0 radical (unpaired) electrons. The third kappa shape index (κ3) is 4.20. The Morgan fingerprint density at radius 2 is 1.69 bits per heavy atom. The molecule has 8 heteroatoms. The minimum atomic E-state index is -0.118. The van der Waals surface area contributed by atoms with E-state index in [-0.39, 0.29) is 18.4 Å². The second-order valence-corrected chi connectivity index (χ2v) is 5.99. The van der Waals surface area contributed by atoms with Crippen molar-refractivity contribution in [3.05, 3.63) is 42.5 Å². The molecule has 1 aliphatic heterocycles. The molecule has 0 bridgehead atoms. The van der Waals surface area contributed by atoms with Crippen LogP contribution in [0, 0.1) is 0 Å². The molecule has 0 spiro atoms. The van der Waals surface area contributed by atoms with Crippen LogP contribution in [0.3, 0.4) is 0 Å². The molecular weight excluding hydrogens is 334 g/mol. The topological polar surface area (TPSA) is 88.5 Å². The first-order valence-electron chi connectivity index (χ1n) is 8.47. The van der Waals surface area contributed by atoms with Crippen LogP contribution in [0.5, 0.6) is 0 Å². The summed E-state index contributed by atoms with van der Waals surface area (Å²) in [5.41, 5.74) is 1.29. The molecule has 0 saturated carbocycles. The Morgan fingerprint density at radius 3 is 2.38 bits per heavy atom. The van der Waals surface area contributed by atoms with Crippen molar-refractivity contribution in [1.29, 1.82) is 0 Å². The van der Waals surface area contributed by atoms with Gasteiger partial charge < -0.3 is 14.5 Å². The summed E-state index contributed by atoms with van der Waals surface area (Å²) >= 11 is 0. The number of rotatable bonds is 4. The van der Waals surface area contributed by atoms with Gasteiger partial charge in [-0.25, -0.2) is 9.97 Å². The van der Waals surface area contributed by atoms with Crippen molar-refractivity contribution in [1.82, 2.24) is 24.8 Å². The number of hydrogen-bond donors (Lipinski definition) is 0. The number of ether oxygens (including phenoxy) is 1. The van der Waals surface area contributed by atoms with E-state index in [1.165, 1.54) is 7.11 Å². The molecule has 0 aliphatic carbocycles. The van der Waals surface area contributed by atoms with Gasteiger partial charge in [0.2, 0.25) is 5.91 Å². The summed E-state index contributed by atoms with van der Waals surface area (Å²) in [5.74, 6) is 0.385. The van der Waals surface area contributed by atoms with Crippen LogP contribution >= 0.6 is 0 Å². The molecule has 1 aliphatic rings. The summed E-state index contributed by atoms with van der Waals surface area (Å²) < 4.78 is 4.90. The highest BCUT2D eigenvalue weighted by Crippen LogP contribution is 2.14. The van der Waals surface area contributed by atoms with Gasteiger partial charge in [-0.15, -0.1) is 0 Å². The van der Waals surface area contributed by atoms with E-state index in [1.807, 2.05) is 12.1 Å². The minimum absolute atomic E-state index is 0.0492. The van der Waals surface area contributed by atoms with Crippen molar-refractivity contribution in [2.75, 3.05) is 39.9 Å². The summed E-state index contributed by atoms with van der Waals surface area (Å²) in [6.07, 6.45) is 7.17. The summed E-state index contributed by atoms with van der Waals surface area (Å²) in [4.78, 5) is 40.7. The van der Waals surface area contributed by atoms with E-state index in [1.54, 1.807) is 34.6 Å². The zero-order valence-corrected chi connectivity index (χ0v) is 14.7. The van der Waals surface area contributed by atoms with Crippen LogP contribution in [0.2, 0.25) is 0 Å². The number of hydrogen-bond acceptors (Lipinski definition) is 6. The fourth-order valence-electron chi connectivity index (χ4n) is 2.86. The normalized spacial score (nSPS) is 14.8. The molecule has 0 aromatic carbocycles. The van der Waals surface area contributed by atoms with Crippen molar-refractivity contribution in [2.24, 2.45) is 0 Å². The quantitative estimate of drug-likeness (QED) is 0.808. The number of aromatic nitrogens is 3. The van der Waals surface area contributed by atoms with Crippen molar-refractivity contribution in [2.45, 2.75) is 6.42 Å². The molecule has 1 saturated heterocycles. The molecule has 0 N–H and O–H groups in total. The predicted octanol–water partition coefficient (Wildman–Crippen LogP) is 0.859. The highest BCUT2D eigenvalue weighted by Gasteiger charge is 2.23. The third-order valence-corrected chi connectivity index (χ3v) is 4.24. The molecule has 2 aromatic heterocycles. The number of carbonyl (C=O) groups is 2. The molecule has 3 rings (SSSR count). The van der Waals surface area contributed by atoms with Crippen LogP contribution in [0.25, 0.3) is 11.4 Å². The van der Waals surface area contributed by atoms with Gasteiger partial charge in [0, 0.05) is 63.6 Å². The lowest BCUT2D eigenvalue weighted by Crippen LogP contribution is -2.38. The number of carbonyl (C=O) groups excluding carboxylic acids is 2. The van der Waals surface area contributed by atoms with Gasteiger partial charge in [-0.05, 0) is 18.6 Å². The number of methoxy groups -OCH3 is 1. The van der Waals surface area contributed by atoms with Crippen LogP contribution in [0.15, 0.2) is 36.9 Å². The summed E-state index contributed by atoms with van der Waals surface area (Å²) in [6, 6.07) is 3.63. The van der Waals surface area contributed by atoms with E-state index in [4.69, 9.17) is 4.74 Å². The first kappa shape index (κ1) is 17.9. The van der Waals surface area contributed by atoms with E-state index < -0.39 is 0 Å². The van der Waals surface area contributed by atoms with Crippen molar-refractivity contribution < 1.29 is 14.3 Å². The lowest BCUT2D eigenvalue weighted by atomic mass is 10.2. The van der Waals surface area contributed by atoms with Crippen molar-refractivity contribution in [3.8, 4) is 11.4 Å². The third-order valence-electron chi connectivity index (χ3n) is 4.24. The molecule has 136 valence electrons. The highest BCUT2D eigenvalue weighted by atomic mass is 16.5. The number of nitrogens with zero attached hydrogens (tertiary/aromatic N) is 5. The smallest absolute Gasteiger partial charge is 0.257 e. The van der Waals surface area contributed by atoms with Gasteiger partial charge in [-0.3, -0.25) is 14.6 Å². The largest absolute Gasteiger partial charge is 0.375 e. The Kier molecular flexibility index (Phi) is 5.85. The lowest BCUT2D eigenvalue weighted by molar-refractivity contribution is -0.135. The maximum Gasteiger partial charge on any atom is 0.257 e. The van der Waals surface area contributed by atoms with E-state index in [0.29, 0.717) is 37.6 Å². The van der Waals surface area contributed by atoms with Crippen LogP contribution in [0.4, 0.5) is 0 Å². The Balaban J connectivity index is 1.65. The van der Waals surface area contributed by atoms with Crippen molar-refractivity contribution in [3.63, 3.8) is 0 Å². The molecule has 1 fully saturated rings. The van der Waals surface area contributed by atoms with E-state index in [9.17, 15) is 9.59 Å². The van der Waals surface area contributed by atoms with E-state index in [0.717, 1.165) is 12.0 Å². The maximum atomic E-state index is 12.7. The Bertz CT molecular complexity index is 751. The van der Waals surface area contributed by atoms with Crippen LogP contribution < -0.4 is 0 Å². The zero-order valence-electron chi connectivity index (χ0n) is 14.7. The molecule has 2 aromatic rings. The molecule has 3 heterocycles. The zero-order chi connectivity index (χ0) is 18.4. The van der Waals surface area contributed by atoms with Gasteiger partial charge in [-0.1, -0.05) is 0 Å². The summed E-state index contributed by atoms with van der Waals surface area (Å²) in [5, 5.41) is 0. The summed E-state index contributed by atoms with van der Waals surface area (Å²) in [7, 11) is 1.50. The van der Waals surface area contributed by atoms with Crippen LogP contribution in [0.1, 0.15) is 16.8 Å². The monoisotopic (exact) mass is 355 g/mol. The SMILES string of the molecule is COCC(=O)N1CCCN(C(=O)c2cnc(-c3ccncc3)nc2)CC1. The first-order valence-corrected chi connectivity index (χ1v) is 8.47. The fourth-order valence-corrected chi connectivity index (χ4v) is 2.86. The molecule has 8 nitrogen and oxygen atoms in total. The van der Waals surface area contributed by atoms with Gasteiger partial charge in [0.05, 0.1) is 5.56 Å². The molecule has 0 unspecified atom stereocenters. The van der Waals surface area contributed by atoms with E-state index in [2.05, 4.69) is 15.0 Å². The summed E-state index contributed by atoms with van der Waals surface area (Å²) in [6.45, 7) is 2.29. The second kappa shape index (κ2) is 8.48. The predicted molar refractivity (Wildman–Crippen MR) is 94.2 cm³/mol. The molecule has 0 atom stereocenters. The molecule has 26 heavy (non-hydrogen) atoms. The van der Waals surface area contributed by atoms with E-state index >= 15 is 0 Å². The Hall–Kier alpha value is -2.87. The van der Waals surface area contributed by atoms with Gasteiger partial charge >= 0.3 is 0 Å². The van der Waals surface area contributed by atoms with Crippen LogP contribution in [-0.2, 0) is 9.53 Å². The average molecular weight is 355 g/mol. The number of amides is 2. The van der Waals surface area contributed by atoms with Crippen molar-refractivity contribution >= 4 is 11.8 Å². The van der Waals surface area contributed by atoms with Crippen LogP contribution in [-0.4, -0.2) is 76.5 Å². The average Bonchev–Trinajstić information content (AvgIpc) is 2.95. The van der Waals surface area contributed by atoms with Gasteiger partial charge in [0.1, 0.15) is 6.61 Å². The first-order chi connectivity index (χ1) is 12.7. The maximum absolute atomic E-state index is 12.7. The lowest BCUT2D eigenvalue weighted by Gasteiger charge is -2.22.